The van der Waals surface area contributed by atoms with E-state index in [-0.39, 0.29) is 44.3 Å². The van der Waals surface area contributed by atoms with Crippen LogP contribution in [0.15, 0.2) is 23.8 Å². The number of carbonyl (C=O) groups is 3. The molecule has 12 heteroatoms. The molecule has 0 amide bonds. The van der Waals surface area contributed by atoms with Gasteiger partial charge in [-0.3, -0.25) is 14.4 Å². The van der Waals surface area contributed by atoms with Crippen LogP contribution >= 0.6 is 0 Å². The third kappa shape index (κ3) is 3.74. The topological polar surface area (TPSA) is 153 Å². The zero-order valence-corrected chi connectivity index (χ0v) is 21.5. The number of esters is 1. The molecule has 38 heavy (non-hydrogen) atoms. The lowest BCUT2D eigenvalue weighted by atomic mass is 9.44. The van der Waals surface area contributed by atoms with Gasteiger partial charge in [-0.2, -0.15) is 0 Å². The van der Waals surface area contributed by atoms with Crippen LogP contribution in [0.1, 0.15) is 52.9 Å². The molecule has 3 saturated carbocycles. The normalized spacial score (nSPS) is 43.4. The van der Waals surface area contributed by atoms with E-state index >= 15 is 8.78 Å². The molecule has 2 N–H and O–H groups in total. The highest BCUT2D eigenvalue weighted by Gasteiger charge is 2.78. The molecular weight excluding hydrogens is 508 g/mol. The molecule has 0 bridgehead atoms. The summed E-state index contributed by atoms with van der Waals surface area (Å²) < 4.78 is 38.7. The first-order valence-corrected chi connectivity index (χ1v) is 12.8. The molecule has 0 aromatic rings. The van der Waals surface area contributed by atoms with Crippen molar-refractivity contribution in [1.29, 1.82) is 0 Å². The predicted octanol–water partition coefficient (Wildman–Crippen LogP) is 2.38. The molecule has 0 aliphatic heterocycles. The summed E-state index contributed by atoms with van der Waals surface area (Å²) in [7, 11) is 0. The van der Waals surface area contributed by atoms with Gasteiger partial charge in [0.15, 0.2) is 17.1 Å². The predicted molar refractivity (Wildman–Crippen MR) is 126 cm³/mol. The van der Waals surface area contributed by atoms with Crippen LogP contribution in [0.4, 0.5) is 8.78 Å². The number of ether oxygens (including phenoxy) is 1. The Bertz CT molecular complexity index is 1110. The maximum atomic E-state index is 17.3. The molecule has 0 saturated heterocycles. The number of alkyl halides is 2. The largest absolute Gasteiger partial charge is 0.450 e. The van der Waals surface area contributed by atoms with E-state index in [0.29, 0.717) is 0 Å². The summed E-state index contributed by atoms with van der Waals surface area (Å²) in [5.41, 5.74) is -7.29. The summed E-state index contributed by atoms with van der Waals surface area (Å²) in [5.74, 6) is -4.65. The van der Waals surface area contributed by atoms with Crippen LogP contribution in [0.3, 0.4) is 0 Å². The van der Waals surface area contributed by atoms with Crippen LogP contribution < -0.4 is 0 Å². The smallest absolute Gasteiger partial charge is 0.306 e. The van der Waals surface area contributed by atoms with E-state index in [4.69, 9.17) is 4.74 Å². The molecule has 4 aliphatic carbocycles. The number of Topliss-reactive ketones (excluding diaryl/α,β-unsaturated/α-hetero) is 1. The fraction of sp³-hybridized carbons (Fsp3) is 0.731. The molecule has 4 rings (SSSR count). The molecule has 10 nitrogen and oxygen atoms in total. The van der Waals surface area contributed by atoms with Crippen LogP contribution in [0, 0.1) is 38.7 Å². The molecule has 0 radical (unpaired) electrons. The van der Waals surface area contributed by atoms with Gasteiger partial charge in [0.1, 0.15) is 12.8 Å². The zero-order chi connectivity index (χ0) is 28.3. The molecule has 210 valence electrons. The molecule has 0 spiro atoms. The summed E-state index contributed by atoms with van der Waals surface area (Å²) >= 11 is 0. The van der Waals surface area contributed by atoms with E-state index in [2.05, 4.69) is 4.84 Å². The van der Waals surface area contributed by atoms with Crippen LogP contribution in [0.5, 0.6) is 0 Å². The molecule has 4 aliphatic rings. The fourth-order valence-electron chi connectivity index (χ4n) is 8.10. The number of fused-ring (bicyclic) bond motifs is 5. The van der Waals surface area contributed by atoms with Crippen LogP contribution in [-0.2, 0) is 24.0 Å². The van der Waals surface area contributed by atoms with Gasteiger partial charge in [0.2, 0.25) is 5.78 Å². The minimum Gasteiger partial charge on any atom is -0.450 e. The number of nitrogens with zero attached hydrogens (tertiary/aromatic N) is 1. The highest BCUT2D eigenvalue weighted by Crippen LogP contribution is 2.71. The number of rotatable bonds is 8. The quantitative estimate of drug-likeness (QED) is 0.204. The van der Waals surface area contributed by atoms with E-state index in [1.54, 1.807) is 13.8 Å². The average molecular weight is 542 g/mol. The molecule has 0 aromatic heterocycles. The minimum absolute atomic E-state index is 0.0292. The van der Waals surface area contributed by atoms with Crippen molar-refractivity contribution in [2.45, 2.75) is 76.4 Å². The summed E-state index contributed by atoms with van der Waals surface area (Å²) in [6.45, 7) is 3.35. The van der Waals surface area contributed by atoms with Crippen molar-refractivity contribution in [3.8, 4) is 0 Å². The van der Waals surface area contributed by atoms with Crippen molar-refractivity contribution in [3.05, 3.63) is 33.9 Å². The molecule has 1 unspecified atom stereocenters. The van der Waals surface area contributed by atoms with Gasteiger partial charge in [0.05, 0.1) is 12.7 Å². The number of aliphatic hydroxyl groups excluding tert-OH is 2. The van der Waals surface area contributed by atoms with E-state index < -0.39 is 81.4 Å². The molecule has 3 fully saturated rings. The third-order valence-electron chi connectivity index (χ3n) is 9.72. The van der Waals surface area contributed by atoms with Crippen molar-refractivity contribution in [2.24, 2.45) is 28.6 Å². The number of hydrogen-bond donors (Lipinski definition) is 2. The summed E-state index contributed by atoms with van der Waals surface area (Å²) in [5, 5.41) is 30.7. The van der Waals surface area contributed by atoms with Gasteiger partial charge in [-0.1, -0.05) is 19.9 Å². The Morgan fingerprint density at radius 1 is 1.26 bits per heavy atom. The number of hydrogen-bond acceptors (Lipinski definition) is 9. The number of allylic oxidation sites excluding steroid dienone is 4. The first kappa shape index (κ1) is 28.3. The Kier molecular flexibility index (Phi) is 7.05. The third-order valence-corrected chi connectivity index (χ3v) is 9.72. The lowest BCUT2D eigenvalue weighted by Gasteiger charge is -2.63. The van der Waals surface area contributed by atoms with Gasteiger partial charge in [-0.25, -0.2) is 8.78 Å². The summed E-state index contributed by atoms with van der Waals surface area (Å²) in [6.07, 6.45) is -0.696. The number of halogens is 2. The first-order chi connectivity index (χ1) is 17.7. The van der Waals surface area contributed by atoms with Gasteiger partial charge >= 0.3 is 5.97 Å². The van der Waals surface area contributed by atoms with E-state index in [9.17, 15) is 34.7 Å². The van der Waals surface area contributed by atoms with Gasteiger partial charge in [-0.15, -0.1) is 10.1 Å². The summed E-state index contributed by atoms with van der Waals surface area (Å²) in [6, 6.07) is 0. The maximum Gasteiger partial charge on any atom is 0.306 e. The van der Waals surface area contributed by atoms with E-state index in [1.807, 2.05) is 0 Å². The molecule has 9 atom stereocenters. The zero-order valence-electron chi connectivity index (χ0n) is 21.5. The van der Waals surface area contributed by atoms with Crippen molar-refractivity contribution in [3.63, 3.8) is 0 Å². The molecular formula is C26H33F2NO9. The second kappa shape index (κ2) is 9.48. The maximum absolute atomic E-state index is 17.3. The Labute approximate surface area is 218 Å². The van der Waals surface area contributed by atoms with Gasteiger partial charge < -0.3 is 19.8 Å². The number of ketones is 2. The monoisotopic (exact) mass is 541 g/mol. The Morgan fingerprint density at radius 2 is 1.95 bits per heavy atom. The van der Waals surface area contributed by atoms with E-state index in [1.165, 1.54) is 19.1 Å². The second-order valence-electron chi connectivity index (χ2n) is 11.4. The van der Waals surface area contributed by atoms with Crippen LogP contribution in [-0.4, -0.2) is 69.6 Å². The molecule has 0 aromatic carbocycles. The van der Waals surface area contributed by atoms with Crippen LogP contribution in [0.25, 0.3) is 0 Å². The Balaban J connectivity index is 1.73. The SMILES string of the molecule is C[C@@H]1C[C@H]2C3C[C@H](F)C4=CC(=O)C=C[C@]4(C)[C@@]3(F)[C@@H](O)C[C@]2(C)[C@@]1(OC(=O)CCCO[N+](=O)[O-])C(=O)CO. The number of aliphatic hydroxyl groups is 2. The van der Waals surface area contributed by atoms with Crippen molar-refractivity contribution in [2.75, 3.05) is 13.2 Å². The second-order valence-corrected chi connectivity index (χ2v) is 11.4. The highest BCUT2D eigenvalue weighted by atomic mass is 19.1. The van der Waals surface area contributed by atoms with E-state index in [0.717, 1.165) is 6.08 Å². The average Bonchev–Trinajstić information content (AvgIpc) is 3.06. The van der Waals surface area contributed by atoms with Gasteiger partial charge in [0.25, 0.3) is 5.09 Å². The van der Waals surface area contributed by atoms with Crippen LogP contribution in [0.2, 0.25) is 0 Å². The molecule has 0 heterocycles. The lowest BCUT2D eigenvalue weighted by Crippen LogP contribution is -2.71. The van der Waals surface area contributed by atoms with Gasteiger partial charge in [0, 0.05) is 29.1 Å². The van der Waals surface area contributed by atoms with Crippen molar-refractivity contribution in [1.82, 2.24) is 0 Å². The first-order valence-electron chi connectivity index (χ1n) is 12.8. The summed E-state index contributed by atoms with van der Waals surface area (Å²) in [4.78, 5) is 52.7. The van der Waals surface area contributed by atoms with Crippen molar-refractivity contribution < 1.29 is 48.0 Å². The minimum atomic E-state index is -2.37. The standard InChI is InChI=1S/C26H33F2NO9/c1-14-9-16-17-11-19(27)18-10-15(31)6-7-23(18,2)25(17,28)20(32)12-24(16,3)26(14,21(33)13-30)38-22(34)5-4-8-37-29(35)36/h6-7,10,14,16-17,19-20,30,32H,4-5,8-9,11-13H2,1-3H3/t14-,16+,17?,19+,20+,23+,24+,25+,26+/m1/s1. The fourth-order valence-corrected chi connectivity index (χ4v) is 8.10. The van der Waals surface area contributed by atoms with Crippen molar-refractivity contribution >= 4 is 17.5 Å². The highest BCUT2D eigenvalue weighted by molar-refractivity contribution is 6.01. The number of carbonyl (C=O) groups excluding carboxylic acids is 3. The van der Waals surface area contributed by atoms with Gasteiger partial charge in [-0.05, 0) is 56.3 Å². The Morgan fingerprint density at radius 3 is 2.58 bits per heavy atom. The Hall–Kier alpha value is -2.73. The lowest BCUT2D eigenvalue weighted by molar-refractivity contribution is -0.757.